The molecule has 3 rings (SSSR count). The minimum atomic E-state index is 0.404. The van der Waals surface area contributed by atoms with Crippen molar-refractivity contribution >= 4 is 11.6 Å². The van der Waals surface area contributed by atoms with Gasteiger partial charge in [0.2, 0.25) is 5.28 Å². The van der Waals surface area contributed by atoms with Crippen molar-refractivity contribution < 1.29 is 0 Å². The zero-order valence-corrected chi connectivity index (χ0v) is 12.6. The second kappa shape index (κ2) is 6.10. The lowest BCUT2D eigenvalue weighted by atomic mass is 10.0. The van der Waals surface area contributed by atoms with E-state index in [9.17, 15) is 0 Å². The molecule has 106 valence electrons. The monoisotopic (exact) mass is 297 g/mol. The molecule has 3 aromatic rings. The molecular formula is C17H16ClN3. The highest BCUT2D eigenvalue weighted by molar-refractivity contribution is 6.28. The number of rotatable bonds is 4. The first-order valence-electron chi connectivity index (χ1n) is 7.06. The van der Waals surface area contributed by atoms with E-state index in [1.54, 1.807) is 0 Å². The second-order valence-electron chi connectivity index (χ2n) is 4.85. The van der Waals surface area contributed by atoms with Crippen LogP contribution in [0.1, 0.15) is 19.2 Å². The molecule has 0 spiro atoms. The molecule has 3 nitrogen and oxygen atoms in total. The largest absolute Gasteiger partial charge is 0.269 e. The Morgan fingerprint density at radius 2 is 1.67 bits per heavy atom. The van der Waals surface area contributed by atoms with Crippen LogP contribution in [0.3, 0.4) is 0 Å². The van der Waals surface area contributed by atoms with E-state index >= 15 is 0 Å². The third-order valence-electron chi connectivity index (χ3n) is 3.39. The number of aryl methyl sites for hydroxylation is 1. The predicted molar refractivity (Wildman–Crippen MR) is 85.8 cm³/mol. The number of nitrogens with zero attached hydrogens (tertiary/aromatic N) is 3. The Kier molecular flexibility index (Phi) is 4.02. The minimum Gasteiger partial charge on any atom is -0.269 e. The van der Waals surface area contributed by atoms with Crippen LogP contribution in [0.2, 0.25) is 5.28 Å². The number of aromatic nitrogens is 3. The molecule has 0 amide bonds. The molecule has 0 fully saturated rings. The molecule has 2 aromatic carbocycles. The van der Waals surface area contributed by atoms with Crippen molar-refractivity contribution in [2.24, 2.45) is 0 Å². The van der Waals surface area contributed by atoms with E-state index in [1.165, 1.54) is 0 Å². The SMILES string of the molecule is CCCc1nnc(Cl)n1-c1ccccc1-c1ccccc1. The van der Waals surface area contributed by atoms with Gasteiger partial charge in [-0.1, -0.05) is 55.5 Å². The van der Waals surface area contributed by atoms with Crippen molar-refractivity contribution in [1.29, 1.82) is 0 Å². The quantitative estimate of drug-likeness (QED) is 0.708. The highest BCUT2D eigenvalue weighted by Crippen LogP contribution is 2.29. The molecule has 0 N–H and O–H groups in total. The van der Waals surface area contributed by atoms with Crippen LogP contribution in [-0.4, -0.2) is 14.8 Å². The van der Waals surface area contributed by atoms with Crippen LogP contribution in [0, 0.1) is 0 Å². The summed E-state index contributed by atoms with van der Waals surface area (Å²) in [5.41, 5.74) is 3.29. The van der Waals surface area contributed by atoms with E-state index in [0.717, 1.165) is 35.5 Å². The fraction of sp³-hybridized carbons (Fsp3) is 0.176. The number of benzene rings is 2. The van der Waals surface area contributed by atoms with Crippen molar-refractivity contribution in [3.8, 4) is 16.8 Å². The van der Waals surface area contributed by atoms with E-state index in [2.05, 4.69) is 41.4 Å². The molecule has 0 aliphatic carbocycles. The highest BCUT2D eigenvalue weighted by Gasteiger charge is 2.15. The van der Waals surface area contributed by atoms with Crippen molar-refractivity contribution in [2.75, 3.05) is 0 Å². The van der Waals surface area contributed by atoms with E-state index in [0.29, 0.717) is 5.28 Å². The number of halogens is 1. The topological polar surface area (TPSA) is 30.7 Å². The standard InChI is InChI=1S/C17H16ClN3/c1-2-8-16-19-20-17(18)21(16)15-12-7-6-11-14(15)13-9-4-3-5-10-13/h3-7,9-12H,2,8H2,1H3. The van der Waals surface area contributed by atoms with Crippen molar-refractivity contribution in [3.63, 3.8) is 0 Å². The lowest BCUT2D eigenvalue weighted by molar-refractivity contribution is 0.803. The Bertz CT molecular complexity index is 735. The lowest BCUT2D eigenvalue weighted by Gasteiger charge is -2.13. The summed E-state index contributed by atoms with van der Waals surface area (Å²) in [6.45, 7) is 2.12. The van der Waals surface area contributed by atoms with Gasteiger partial charge in [0.1, 0.15) is 5.82 Å². The first-order chi connectivity index (χ1) is 10.3. The van der Waals surface area contributed by atoms with Gasteiger partial charge in [-0.15, -0.1) is 10.2 Å². The molecule has 0 aliphatic heterocycles. The number of hydrogen-bond donors (Lipinski definition) is 0. The molecule has 0 radical (unpaired) electrons. The van der Waals surface area contributed by atoms with Gasteiger partial charge in [-0.05, 0) is 29.7 Å². The molecule has 4 heteroatoms. The molecule has 0 atom stereocenters. The van der Waals surface area contributed by atoms with E-state index < -0.39 is 0 Å². The second-order valence-corrected chi connectivity index (χ2v) is 5.19. The van der Waals surface area contributed by atoms with Crippen LogP contribution in [0.4, 0.5) is 0 Å². The summed E-state index contributed by atoms with van der Waals surface area (Å²) in [5, 5.41) is 8.63. The van der Waals surface area contributed by atoms with Crippen molar-refractivity contribution in [2.45, 2.75) is 19.8 Å². The number of para-hydroxylation sites is 1. The van der Waals surface area contributed by atoms with Gasteiger partial charge in [-0.2, -0.15) is 0 Å². The van der Waals surface area contributed by atoms with Crippen LogP contribution in [-0.2, 0) is 6.42 Å². The molecule has 0 saturated heterocycles. The minimum absolute atomic E-state index is 0.404. The summed E-state index contributed by atoms with van der Waals surface area (Å²) in [6.07, 6.45) is 1.85. The van der Waals surface area contributed by atoms with E-state index in [-0.39, 0.29) is 0 Å². The van der Waals surface area contributed by atoms with Gasteiger partial charge in [0.05, 0.1) is 5.69 Å². The van der Waals surface area contributed by atoms with Crippen LogP contribution < -0.4 is 0 Å². The molecule has 0 aliphatic rings. The zero-order chi connectivity index (χ0) is 14.7. The highest BCUT2D eigenvalue weighted by atomic mass is 35.5. The van der Waals surface area contributed by atoms with Crippen molar-refractivity contribution in [1.82, 2.24) is 14.8 Å². The van der Waals surface area contributed by atoms with Crippen LogP contribution in [0.5, 0.6) is 0 Å². The Balaban J connectivity index is 2.18. The first kappa shape index (κ1) is 13.8. The third kappa shape index (κ3) is 2.69. The Labute approximate surface area is 129 Å². The number of hydrogen-bond acceptors (Lipinski definition) is 2. The Morgan fingerprint density at radius 3 is 2.43 bits per heavy atom. The molecule has 21 heavy (non-hydrogen) atoms. The summed E-state index contributed by atoms with van der Waals surface area (Å²) in [7, 11) is 0. The van der Waals surface area contributed by atoms with Gasteiger partial charge in [-0.3, -0.25) is 4.57 Å². The fourth-order valence-corrected chi connectivity index (χ4v) is 2.68. The van der Waals surface area contributed by atoms with Crippen LogP contribution in [0.25, 0.3) is 16.8 Å². The fourth-order valence-electron chi connectivity index (χ4n) is 2.45. The van der Waals surface area contributed by atoms with Gasteiger partial charge in [0, 0.05) is 12.0 Å². The normalized spacial score (nSPS) is 10.8. The molecule has 0 unspecified atom stereocenters. The van der Waals surface area contributed by atoms with Gasteiger partial charge in [0.15, 0.2) is 0 Å². The maximum atomic E-state index is 6.26. The third-order valence-corrected chi connectivity index (χ3v) is 3.64. The van der Waals surface area contributed by atoms with Gasteiger partial charge in [0.25, 0.3) is 0 Å². The summed E-state index contributed by atoms with van der Waals surface area (Å²) in [4.78, 5) is 0. The summed E-state index contributed by atoms with van der Waals surface area (Å²) in [5.74, 6) is 0.894. The Hall–Kier alpha value is -2.13. The average Bonchev–Trinajstić information content (AvgIpc) is 2.89. The summed E-state index contributed by atoms with van der Waals surface area (Å²) in [6, 6.07) is 18.5. The van der Waals surface area contributed by atoms with E-state index in [1.807, 2.05) is 34.9 Å². The summed E-state index contributed by atoms with van der Waals surface area (Å²) >= 11 is 6.26. The van der Waals surface area contributed by atoms with Gasteiger partial charge >= 0.3 is 0 Å². The first-order valence-corrected chi connectivity index (χ1v) is 7.43. The van der Waals surface area contributed by atoms with E-state index in [4.69, 9.17) is 11.6 Å². The average molecular weight is 298 g/mol. The molecular weight excluding hydrogens is 282 g/mol. The maximum Gasteiger partial charge on any atom is 0.229 e. The molecule has 0 saturated carbocycles. The Morgan fingerprint density at radius 1 is 0.952 bits per heavy atom. The smallest absolute Gasteiger partial charge is 0.229 e. The van der Waals surface area contributed by atoms with Gasteiger partial charge < -0.3 is 0 Å². The maximum absolute atomic E-state index is 6.26. The van der Waals surface area contributed by atoms with Crippen LogP contribution >= 0.6 is 11.6 Å². The van der Waals surface area contributed by atoms with Gasteiger partial charge in [-0.25, -0.2) is 0 Å². The molecule has 1 heterocycles. The van der Waals surface area contributed by atoms with Crippen LogP contribution in [0.15, 0.2) is 54.6 Å². The summed E-state index contributed by atoms with van der Waals surface area (Å²) < 4.78 is 1.94. The zero-order valence-electron chi connectivity index (χ0n) is 11.8. The predicted octanol–water partition coefficient (Wildman–Crippen LogP) is 4.54. The molecule has 1 aromatic heterocycles. The molecule has 0 bridgehead atoms. The van der Waals surface area contributed by atoms with Crippen molar-refractivity contribution in [3.05, 3.63) is 65.7 Å². The lowest BCUT2D eigenvalue weighted by Crippen LogP contribution is -2.03.